The number of carboxylic acids is 1. The van der Waals surface area contributed by atoms with E-state index in [9.17, 15) is 9.18 Å². The fourth-order valence-corrected chi connectivity index (χ4v) is 3.42. The number of carbonyl (C=O) groups is 1. The van der Waals surface area contributed by atoms with Gasteiger partial charge in [-0.15, -0.1) is 0 Å². The number of hydrogen-bond donors (Lipinski definition) is 1. The molecule has 0 atom stereocenters. The number of ether oxygens (including phenoxy) is 3. The molecule has 1 saturated heterocycles. The van der Waals surface area contributed by atoms with E-state index in [0.29, 0.717) is 19.0 Å². The molecule has 0 bridgehead atoms. The topological polar surface area (TPSA) is 65.0 Å². The Morgan fingerprint density at radius 3 is 2.40 bits per heavy atom. The van der Waals surface area contributed by atoms with Crippen LogP contribution >= 0.6 is 0 Å². The Labute approximate surface area is 173 Å². The molecule has 0 radical (unpaired) electrons. The van der Waals surface area contributed by atoms with Crippen molar-refractivity contribution < 1.29 is 28.5 Å². The van der Waals surface area contributed by atoms with Crippen molar-refractivity contribution in [3.05, 3.63) is 89.7 Å². The van der Waals surface area contributed by atoms with Crippen molar-refractivity contribution in [2.24, 2.45) is 0 Å². The summed E-state index contributed by atoms with van der Waals surface area (Å²) in [4.78, 5) is 10.8. The van der Waals surface area contributed by atoms with Crippen LogP contribution in [0.5, 0.6) is 5.75 Å². The maximum atomic E-state index is 13.8. The van der Waals surface area contributed by atoms with Crippen molar-refractivity contribution in [1.82, 2.24) is 0 Å². The number of rotatable bonds is 8. The van der Waals surface area contributed by atoms with E-state index < -0.39 is 11.6 Å². The summed E-state index contributed by atoms with van der Waals surface area (Å²) in [7, 11) is 0. The van der Waals surface area contributed by atoms with Crippen LogP contribution in [-0.4, -0.2) is 30.9 Å². The summed E-state index contributed by atoms with van der Waals surface area (Å²) in [6, 6.07) is 21.7. The third-order valence-corrected chi connectivity index (χ3v) is 5.07. The molecule has 1 heterocycles. The molecule has 1 fully saturated rings. The highest BCUT2D eigenvalue weighted by Crippen LogP contribution is 2.35. The van der Waals surface area contributed by atoms with E-state index in [0.717, 1.165) is 22.3 Å². The zero-order chi connectivity index (χ0) is 21.0. The Morgan fingerprint density at radius 1 is 1.03 bits per heavy atom. The van der Waals surface area contributed by atoms with Gasteiger partial charge in [-0.25, -0.2) is 9.18 Å². The number of aliphatic carboxylic acids is 1. The average Bonchev–Trinajstić information content (AvgIpc) is 2.73. The van der Waals surface area contributed by atoms with E-state index in [1.807, 2.05) is 42.5 Å². The van der Waals surface area contributed by atoms with Crippen LogP contribution in [-0.2, 0) is 26.5 Å². The maximum Gasteiger partial charge on any atom is 0.329 e. The monoisotopic (exact) mass is 408 g/mol. The Morgan fingerprint density at radius 2 is 1.77 bits per heavy atom. The van der Waals surface area contributed by atoms with Gasteiger partial charge in [0.25, 0.3) is 0 Å². The lowest BCUT2D eigenvalue weighted by Gasteiger charge is -2.41. The highest BCUT2D eigenvalue weighted by atomic mass is 19.1. The van der Waals surface area contributed by atoms with Gasteiger partial charge in [-0.1, -0.05) is 48.5 Å². The second kappa shape index (κ2) is 8.65. The van der Waals surface area contributed by atoms with Gasteiger partial charge in [0.2, 0.25) is 0 Å². The molecule has 1 aliphatic rings. The van der Waals surface area contributed by atoms with Crippen LogP contribution in [0.1, 0.15) is 11.1 Å². The third-order valence-electron chi connectivity index (χ3n) is 5.07. The minimum atomic E-state index is -1.02. The summed E-state index contributed by atoms with van der Waals surface area (Å²) in [5.74, 6) is -0.715. The Hall–Kier alpha value is -3.22. The number of hydrogen-bond acceptors (Lipinski definition) is 4. The van der Waals surface area contributed by atoms with Crippen LogP contribution in [0, 0.1) is 5.82 Å². The summed E-state index contributed by atoms with van der Waals surface area (Å²) in [5.41, 5.74) is 2.76. The summed E-state index contributed by atoms with van der Waals surface area (Å²) < 4.78 is 30.5. The first-order valence-corrected chi connectivity index (χ1v) is 9.56. The molecule has 3 aromatic carbocycles. The Kier molecular flexibility index (Phi) is 5.79. The van der Waals surface area contributed by atoms with E-state index in [2.05, 4.69) is 0 Å². The first-order chi connectivity index (χ1) is 14.6. The molecule has 0 amide bonds. The molecule has 0 spiro atoms. The summed E-state index contributed by atoms with van der Waals surface area (Å²) in [6.45, 7) is 0.447. The van der Waals surface area contributed by atoms with Crippen molar-refractivity contribution in [3.63, 3.8) is 0 Å². The summed E-state index contributed by atoms with van der Waals surface area (Å²) in [5, 5.41) is 8.88. The second-order valence-electron chi connectivity index (χ2n) is 7.15. The molecule has 0 unspecified atom stereocenters. The summed E-state index contributed by atoms with van der Waals surface area (Å²) in [6.07, 6.45) is 0. The smallest absolute Gasteiger partial charge is 0.329 e. The van der Waals surface area contributed by atoms with Crippen LogP contribution < -0.4 is 4.74 Å². The largest absolute Gasteiger partial charge is 0.489 e. The predicted octanol–water partition coefficient (Wildman–Crippen LogP) is 4.40. The molecule has 154 valence electrons. The highest BCUT2D eigenvalue weighted by Gasteiger charge is 2.42. The third kappa shape index (κ3) is 4.35. The average molecular weight is 408 g/mol. The first kappa shape index (κ1) is 20.1. The van der Waals surface area contributed by atoms with E-state index >= 15 is 0 Å². The molecule has 0 aromatic heterocycles. The predicted molar refractivity (Wildman–Crippen MR) is 109 cm³/mol. The Balaban J connectivity index is 1.48. The molecule has 5 nitrogen and oxygen atoms in total. The maximum absolute atomic E-state index is 13.8. The van der Waals surface area contributed by atoms with Crippen molar-refractivity contribution in [1.29, 1.82) is 0 Å². The molecule has 30 heavy (non-hydrogen) atoms. The molecule has 0 aliphatic carbocycles. The molecule has 4 rings (SSSR count). The van der Waals surface area contributed by atoms with Crippen LogP contribution in [0.25, 0.3) is 11.1 Å². The van der Waals surface area contributed by atoms with Gasteiger partial charge in [0.15, 0.2) is 0 Å². The van der Waals surface area contributed by atoms with Crippen molar-refractivity contribution >= 4 is 5.97 Å². The van der Waals surface area contributed by atoms with Gasteiger partial charge < -0.3 is 19.3 Å². The minimum Gasteiger partial charge on any atom is -0.489 e. The molecule has 1 N–H and O–H groups in total. The van der Waals surface area contributed by atoms with Gasteiger partial charge in [-0.2, -0.15) is 0 Å². The lowest BCUT2D eigenvalue weighted by atomic mass is 9.91. The molecular weight excluding hydrogens is 387 g/mol. The van der Waals surface area contributed by atoms with Crippen molar-refractivity contribution in [2.45, 2.75) is 12.2 Å². The van der Waals surface area contributed by atoms with Crippen LogP contribution in [0.4, 0.5) is 4.39 Å². The van der Waals surface area contributed by atoms with Crippen molar-refractivity contribution in [3.8, 4) is 16.9 Å². The van der Waals surface area contributed by atoms with Gasteiger partial charge in [0.1, 0.15) is 30.4 Å². The minimum absolute atomic E-state index is 0.213. The highest BCUT2D eigenvalue weighted by molar-refractivity contribution is 5.68. The molecular formula is C24H21FO5. The molecule has 3 aromatic rings. The normalized spacial score (nSPS) is 14.7. The van der Waals surface area contributed by atoms with E-state index in [4.69, 9.17) is 19.3 Å². The van der Waals surface area contributed by atoms with Gasteiger partial charge in [-0.3, -0.25) is 0 Å². The standard InChI is InChI=1S/C24H21FO5/c25-20-8-11-22(17-4-2-1-3-5-17)18(12-20)13-29-21-9-6-19(7-10-21)24(15-28-16-24)30-14-23(26)27/h1-12H,13-16H2,(H,26,27). The quantitative estimate of drug-likeness (QED) is 0.599. The van der Waals surface area contributed by atoms with E-state index in [-0.39, 0.29) is 19.0 Å². The molecule has 1 aliphatic heterocycles. The van der Waals surface area contributed by atoms with Gasteiger partial charge in [0, 0.05) is 0 Å². The van der Waals surface area contributed by atoms with Crippen LogP contribution in [0.2, 0.25) is 0 Å². The molecule has 6 heteroatoms. The fourth-order valence-electron chi connectivity index (χ4n) is 3.42. The fraction of sp³-hybridized carbons (Fsp3) is 0.208. The number of benzene rings is 3. The zero-order valence-electron chi connectivity index (χ0n) is 16.2. The van der Waals surface area contributed by atoms with Crippen LogP contribution in [0.15, 0.2) is 72.8 Å². The SMILES string of the molecule is O=C(O)COC1(c2ccc(OCc3cc(F)ccc3-c3ccccc3)cc2)COC1. The number of halogens is 1. The van der Waals surface area contributed by atoms with Gasteiger partial charge in [0.05, 0.1) is 13.2 Å². The second-order valence-corrected chi connectivity index (χ2v) is 7.15. The lowest BCUT2D eigenvalue weighted by Crippen LogP contribution is -2.49. The van der Waals surface area contributed by atoms with Crippen molar-refractivity contribution in [2.75, 3.05) is 19.8 Å². The zero-order valence-corrected chi connectivity index (χ0v) is 16.2. The van der Waals surface area contributed by atoms with Crippen LogP contribution in [0.3, 0.4) is 0 Å². The number of carboxylic acid groups (broad SMARTS) is 1. The molecule has 0 saturated carbocycles. The summed E-state index contributed by atoms with van der Waals surface area (Å²) >= 11 is 0. The van der Waals surface area contributed by atoms with E-state index in [1.165, 1.54) is 12.1 Å². The van der Waals surface area contributed by atoms with Gasteiger partial charge >= 0.3 is 5.97 Å². The van der Waals surface area contributed by atoms with Gasteiger partial charge in [-0.05, 0) is 46.5 Å². The first-order valence-electron chi connectivity index (χ1n) is 9.56. The van der Waals surface area contributed by atoms with E-state index in [1.54, 1.807) is 18.2 Å². The lowest BCUT2D eigenvalue weighted by molar-refractivity contribution is -0.220. The Bertz CT molecular complexity index is 1010.